The zero-order chi connectivity index (χ0) is 11.4. The summed E-state index contributed by atoms with van der Waals surface area (Å²) in [6, 6.07) is 0.237. The lowest BCUT2D eigenvalue weighted by atomic mass is 10.2. The highest BCUT2D eigenvalue weighted by molar-refractivity contribution is 7.99. The number of hydrogen-bond acceptors (Lipinski definition) is 4. The van der Waals surface area contributed by atoms with Gasteiger partial charge in [-0.25, -0.2) is 9.97 Å². The molecule has 2 N–H and O–H groups in total. The lowest BCUT2D eigenvalue weighted by Gasteiger charge is -2.09. The molecule has 0 spiro atoms. The number of hydrogen-bond donors (Lipinski definition) is 1. The Hall–Kier alpha value is -0.610. The predicted molar refractivity (Wildman–Crippen MR) is 65.2 cm³/mol. The van der Waals surface area contributed by atoms with E-state index in [1.807, 2.05) is 13.8 Å². The number of nitrogens with two attached hydrogens (primary N) is 1. The smallest absolute Gasteiger partial charge is 0.188 e. The summed E-state index contributed by atoms with van der Waals surface area (Å²) in [6.07, 6.45) is 0.997. The maximum Gasteiger partial charge on any atom is 0.188 e. The third kappa shape index (κ3) is 3.47. The van der Waals surface area contributed by atoms with Crippen molar-refractivity contribution in [3.8, 4) is 0 Å². The van der Waals surface area contributed by atoms with Gasteiger partial charge in [0.2, 0.25) is 0 Å². The van der Waals surface area contributed by atoms with Gasteiger partial charge in [-0.3, -0.25) is 0 Å². The third-order valence-corrected chi connectivity index (χ3v) is 3.60. The molecule has 0 saturated carbocycles. The molecule has 0 aromatic carbocycles. The van der Waals surface area contributed by atoms with Crippen LogP contribution in [0, 0.1) is 20.8 Å². The van der Waals surface area contributed by atoms with Gasteiger partial charge in [0.15, 0.2) is 5.16 Å². The fourth-order valence-corrected chi connectivity index (χ4v) is 2.11. The zero-order valence-corrected chi connectivity index (χ0v) is 10.7. The van der Waals surface area contributed by atoms with Gasteiger partial charge < -0.3 is 5.73 Å². The van der Waals surface area contributed by atoms with Crippen LogP contribution in [0.25, 0.3) is 0 Å². The first-order chi connectivity index (χ1) is 7.04. The van der Waals surface area contributed by atoms with Gasteiger partial charge in [0.25, 0.3) is 0 Å². The molecule has 0 bridgehead atoms. The number of nitrogens with zero attached hydrogens (tertiary/aromatic N) is 2. The molecule has 1 unspecified atom stereocenters. The molecule has 0 aliphatic rings. The van der Waals surface area contributed by atoms with Crippen LogP contribution < -0.4 is 5.73 Å². The van der Waals surface area contributed by atoms with Crippen molar-refractivity contribution >= 4 is 11.8 Å². The highest BCUT2D eigenvalue weighted by Crippen LogP contribution is 2.17. The van der Waals surface area contributed by atoms with E-state index in [-0.39, 0.29) is 6.04 Å². The summed E-state index contributed by atoms with van der Waals surface area (Å²) in [6.45, 7) is 8.19. The first-order valence-electron chi connectivity index (χ1n) is 5.24. The second-order valence-electron chi connectivity index (χ2n) is 3.78. The Morgan fingerprint density at radius 2 is 1.73 bits per heavy atom. The van der Waals surface area contributed by atoms with Crippen LogP contribution in [0.15, 0.2) is 5.16 Å². The van der Waals surface area contributed by atoms with Gasteiger partial charge in [-0.1, -0.05) is 18.7 Å². The molecule has 3 nitrogen and oxygen atoms in total. The van der Waals surface area contributed by atoms with Crippen molar-refractivity contribution in [3.05, 3.63) is 17.0 Å². The largest absolute Gasteiger partial charge is 0.327 e. The summed E-state index contributed by atoms with van der Waals surface area (Å²) in [5.74, 6) is 0.887. The number of aryl methyl sites for hydroxylation is 2. The van der Waals surface area contributed by atoms with Crippen molar-refractivity contribution < 1.29 is 0 Å². The zero-order valence-electron chi connectivity index (χ0n) is 9.87. The van der Waals surface area contributed by atoms with Gasteiger partial charge in [-0.2, -0.15) is 0 Å². The molecule has 0 amide bonds. The molecule has 84 valence electrons. The van der Waals surface area contributed by atoms with E-state index in [0.717, 1.165) is 28.7 Å². The van der Waals surface area contributed by atoms with Crippen LogP contribution >= 0.6 is 11.8 Å². The molecule has 1 rings (SSSR count). The molecule has 0 saturated heterocycles. The van der Waals surface area contributed by atoms with Gasteiger partial charge in [0.1, 0.15) is 0 Å². The molecule has 0 radical (unpaired) electrons. The minimum absolute atomic E-state index is 0.237. The molecular formula is C11H19N3S. The van der Waals surface area contributed by atoms with Gasteiger partial charge >= 0.3 is 0 Å². The molecule has 1 aromatic heterocycles. The lowest BCUT2D eigenvalue weighted by molar-refractivity contribution is 0.722. The molecule has 0 aliphatic heterocycles. The summed E-state index contributed by atoms with van der Waals surface area (Å²) in [7, 11) is 0. The van der Waals surface area contributed by atoms with Crippen LogP contribution in [0.5, 0.6) is 0 Å². The molecule has 0 aliphatic carbocycles. The quantitative estimate of drug-likeness (QED) is 0.630. The van der Waals surface area contributed by atoms with Crippen molar-refractivity contribution in [1.82, 2.24) is 9.97 Å². The highest BCUT2D eigenvalue weighted by atomic mass is 32.2. The minimum atomic E-state index is 0.237. The molecular weight excluding hydrogens is 206 g/mol. The second kappa shape index (κ2) is 5.47. The maximum atomic E-state index is 5.85. The van der Waals surface area contributed by atoms with E-state index >= 15 is 0 Å². The average Bonchev–Trinajstić information content (AvgIpc) is 2.22. The molecule has 0 fully saturated rings. The van der Waals surface area contributed by atoms with Crippen molar-refractivity contribution in [2.24, 2.45) is 5.73 Å². The Bertz CT molecular complexity index is 316. The van der Waals surface area contributed by atoms with Crippen LogP contribution in [-0.2, 0) is 0 Å². The van der Waals surface area contributed by atoms with E-state index in [1.54, 1.807) is 11.8 Å². The van der Waals surface area contributed by atoms with Crippen molar-refractivity contribution in [2.75, 3.05) is 5.75 Å². The Balaban J connectivity index is 2.70. The SMILES string of the molecule is CCC(N)CSc1nc(C)c(C)c(C)n1. The Morgan fingerprint density at radius 3 is 2.20 bits per heavy atom. The van der Waals surface area contributed by atoms with E-state index in [2.05, 4.69) is 23.8 Å². The summed E-state index contributed by atoms with van der Waals surface area (Å²) in [5.41, 5.74) is 9.16. The highest BCUT2D eigenvalue weighted by Gasteiger charge is 2.06. The number of aromatic nitrogens is 2. The van der Waals surface area contributed by atoms with Crippen LogP contribution in [0.4, 0.5) is 0 Å². The van der Waals surface area contributed by atoms with Crippen molar-refractivity contribution in [2.45, 2.75) is 45.3 Å². The third-order valence-electron chi connectivity index (χ3n) is 2.56. The standard InChI is InChI=1S/C11H19N3S/c1-5-10(12)6-15-11-13-8(3)7(2)9(4)14-11/h10H,5-6,12H2,1-4H3. The summed E-state index contributed by atoms with van der Waals surface area (Å²) in [5, 5.41) is 0.847. The average molecular weight is 225 g/mol. The van der Waals surface area contributed by atoms with E-state index in [4.69, 9.17) is 5.73 Å². The first kappa shape index (κ1) is 12.5. The Kier molecular flexibility index (Phi) is 4.54. The molecule has 4 heteroatoms. The van der Waals surface area contributed by atoms with Gasteiger partial charge in [-0.15, -0.1) is 0 Å². The fraction of sp³-hybridized carbons (Fsp3) is 0.636. The lowest BCUT2D eigenvalue weighted by Crippen LogP contribution is -2.21. The Labute approximate surface area is 95.9 Å². The van der Waals surface area contributed by atoms with E-state index in [0.29, 0.717) is 0 Å². The normalized spacial score (nSPS) is 12.9. The van der Waals surface area contributed by atoms with E-state index < -0.39 is 0 Å². The van der Waals surface area contributed by atoms with Crippen LogP contribution in [0.2, 0.25) is 0 Å². The van der Waals surface area contributed by atoms with Crippen LogP contribution in [-0.4, -0.2) is 21.8 Å². The van der Waals surface area contributed by atoms with Crippen LogP contribution in [0.3, 0.4) is 0 Å². The Morgan fingerprint density at radius 1 is 1.20 bits per heavy atom. The second-order valence-corrected chi connectivity index (χ2v) is 4.77. The monoisotopic (exact) mass is 225 g/mol. The molecule has 15 heavy (non-hydrogen) atoms. The minimum Gasteiger partial charge on any atom is -0.327 e. The van der Waals surface area contributed by atoms with Gasteiger partial charge in [-0.05, 0) is 32.8 Å². The molecule has 1 aromatic rings. The topological polar surface area (TPSA) is 51.8 Å². The summed E-state index contributed by atoms with van der Waals surface area (Å²) >= 11 is 1.64. The summed E-state index contributed by atoms with van der Waals surface area (Å²) < 4.78 is 0. The van der Waals surface area contributed by atoms with Gasteiger partial charge in [0.05, 0.1) is 0 Å². The van der Waals surface area contributed by atoms with Crippen molar-refractivity contribution in [3.63, 3.8) is 0 Å². The number of thioether (sulfide) groups is 1. The predicted octanol–water partition coefficient (Wildman–Crippen LogP) is 2.23. The molecule has 1 atom stereocenters. The fourth-order valence-electron chi connectivity index (χ4n) is 1.11. The van der Waals surface area contributed by atoms with E-state index in [1.165, 1.54) is 5.56 Å². The maximum absolute atomic E-state index is 5.85. The number of rotatable bonds is 4. The van der Waals surface area contributed by atoms with Crippen LogP contribution in [0.1, 0.15) is 30.3 Å². The summed E-state index contributed by atoms with van der Waals surface area (Å²) in [4.78, 5) is 8.87. The van der Waals surface area contributed by atoms with Crippen molar-refractivity contribution in [1.29, 1.82) is 0 Å². The first-order valence-corrected chi connectivity index (χ1v) is 6.23. The molecule has 1 heterocycles. The van der Waals surface area contributed by atoms with E-state index in [9.17, 15) is 0 Å². The van der Waals surface area contributed by atoms with Gasteiger partial charge in [0, 0.05) is 23.2 Å².